The number of rotatable bonds is 9. The van der Waals surface area contributed by atoms with Crippen LogP contribution in [0.3, 0.4) is 0 Å². The molecule has 0 aliphatic carbocycles. The normalized spacial score (nSPS) is 14.2. The molecular weight excluding hydrogens is 560 g/mol. The van der Waals surface area contributed by atoms with Gasteiger partial charge in [0.1, 0.15) is 29.4 Å². The van der Waals surface area contributed by atoms with Crippen LogP contribution in [0.4, 0.5) is 0 Å². The Kier molecular flexibility index (Phi) is 8.68. The van der Waals surface area contributed by atoms with E-state index >= 15 is 0 Å². The minimum Gasteiger partial charge on any atom is -0.493 e. The largest absolute Gasteiger partial charge is 0.493 e. The highest BCUT2D eigenvalue weighted by Gasteiger charge is 2.36. The van der Waals surface area contributed by atoms with Crippen LogP contribution in [0.25, 0.3) is 11.3 Å². The number of nitrogens with zero attached hydrogens (tertiary/aromatic N) is 2. The van der Waals surface area contributed by atoms with Crippen molar-refractivity contribution in [2.45, 2.75) is 26.3 Å². The summed E-state index contributed by atoms with van der Waals surface area (Å²) in [5.74, 6) is 1.44. The molecule has 0 saturated carbocycles. The highest BCUT2D eigenvalue weighted by Crippen LogP contribution is 2.40. The van der Waals surface area contributed by atoms with Crippen molar-refractivity contribution in [1.82, 2.24) is 10.1 Å². The summed E-state index contributed by atoms with van der Waals surface area (Å²) in [5.41, 5.74) is 3.67. The van der Waals surface area contributed by atoms with Crippen molar-refractivity contribution in [3.63, 3.8) is 0 Å². The van der Waals surface area contributed by atoms with Gasteiger partial charge in [0.2, 0.25) is 0 Å². The zero-order chi connectivity index (χ0) is 29.8. The van der Waals surface area contributed by atoms with Crippen molar-refractivity contribution in [1.29, 1.82) is 0 Å². The van der Waals surface area contributed by atoms with Crippen LogP contribution in [-0.2, 0) is 11.2 Å². The number of carbonyl (C=O) groups is 2. The van der Waals surface area contributed by atoms with Crippen molar-refractivity contribution in [3.8, 4) is 28.5 Å². The number of hydrogen-bond donors (Lipinski definition) is 0. The molecule has 3 aromatic carbocycles. The third kappa shape index (κ3) is 5.65. The van der Waals surface area contributed by atoms with Gasteiger partial charge in [-0.05, 0) is 73.9 Å². The van der Waals surface area contributed by atoms with Gasteiger partial charge in [0.05, 0.1) is 37.5 Å². The van der Waals surface area contributed by atoms with Crippen molar-refractivity contribution < 1.29 is 33.1 Å². The molecule has 1 atom stereocenters. The van der Waals surface area contributed by atoms with Crippen LogP contribution in [0, 0.1) is 6.92 Å². The summed E-state index contributed by atoms with van der Waals surface area (Å²) in [6.45, 7) is 4.32. The fourth-order valence-corrected chi connectivity index (χ4v) is 5.36. The average molecular weight is 591 g/mol. The van der Waals surface area contributed by atoms with Crippen LogP contribution in [-0.4, -0.2) is 55.9 Å². The lowest BCUT2D eigenvalue weighted by atomic mass is 9.91. The number of halogens is 1. The van der Waals surface area contributed by atoms with E-state index in [1.54, 1.807) is 69.4 Å². The Labute approximate surface area is 248 Å². The minimum atomic E-state index is -0.487. The Morgan fingerprint density at radius 2 is 1.76 bits per heavy atom. The molecule has 218 valence electrons. The number of esters is 1. The molecule has 1 unspecified atom stereocenters. The number of aryl methyl sites for hydroxylation is 1. The number of methoxy groups -OCH3 is 2. The minimum absolute atomic E-state index is 0.138. The van der Waals surface area contributed by atoms with Gasteiger partial charge in [0, 0.05) is 12.1 Å². The molecule has 1 aliphatic heterocycles. The van der Waals surface area contributed by atoms with E-state index in [4.69, 9.17) is 35.1 Å². The summed E-state index contributed by atoms with van der Waals surface area (Å²) >= 11 is 6.47. The van der Waals surface area contributed by atoms with Crippen LogP contribution in [0.2, 0.25) is 5.02 Å². The Hall–Kier alpha value is -4.50. The SMILES string of the molecule is CCOC(=O)c1ccc(OCC2c3cc(OC)c(OC)cc3CCN2C(=O)c2c(-c3ccccc3Cl)noc2C)cc1. The summed E-state index contributed by atoms with van der Waals surface area (Å²) < 4.78 is 27.9. The Bertz CT molecular complexity index is 1600. The predicted molar refractivity (Wildman–Crippen MR) is 157 cm³/mol. The first kappa shape index (κ1) is 29.0. The zero-order valence-electron chi connectivity index (χ0n) is 23.8. The molecule has 2 heterocycles. The van der Waals surface area contributed by atoms with E-state index in [1.165, 1.54) is 0 Å². The number of carbonyl (C=O) groups excluding carboxylic acids is 2. The van der Waals surface area contributed by atoms with Gasteiger partial charge in [-0.15, -0.1) is 0 Å². The maximum Gasteiger partial charge on any atom is 0.338 e. The van der Waals surface area contributed by atoms with Gasteiger partial charge < -0.3 is 28.4 Å². The molecule has 1 aromatic heterocycles. The summed E-state index contributed by atoms with van der Waals surface area (Å²) in [6, 6.07) is 17.3. The Morgan fingerprint density at radius 1 is 1.05 bits per heavy atom. The first-order chi connectivity index (χ1) is 20.4. The molecule has 5 rings (SSSR count). The van der Waals surface area contributed by atoms with Gasteiger partial charge in [-0.25, -0.2) is 4.79 Å². The van der Waals surface area contributed by atoms with E-state index in [0.29, 0.717) is 70.0 Å². The van der Waals surface area contributed by atoms with Gasteiger partial charge in [-0.3, -0.25) is 4.79 Å². The third-order valence-corrected chi connectivity index (χ3v) is 7.57. The van der Waals surface area contributed by atoms with E-state index in [0.717, 1.165) is 11.1 Å². The van der Waals surface area contributed by atoms with Gasteiger partial charge in [-0.1, -0.05) is 35.0 Å². The Balaban J connectivity index is 1.51. The molecule has 1 amide bonds. The van der Waals surface area contributed by atoms with Gasteiger partial charge in [-0.2, -0.15) is 0 Å². The summed E-state index contributed by atoms with van der Waals surface area (Å²) in [4.78, 5) is 28.1. The molecule has 1 aliphatic rings. The molecule has 0 N–H and O–H groups in total. The van der Waals surface area contributed by atoms with E-state index in [-0.39, 0.29) is 12.5 Å². The molecular formula is C32H31ClN2O7. The lowest BCUT2D eigenvalue weighted by Gasteiger charge is -2.37. The van der Waals surface area contributed by atoms with Crippen molar-refractivity contribution in [2.75, 3.05) is 34.0 Å². The summed E-state index contributed by atoms with van der Waals surface area (Å²) in [5, 5.41) is 4.66. The number of hydrogen-bond acceptors (Lipinski definition) is 8. The average Bonchev–Trinajstić information content (AvgIpc) is 3.40. The van der Waals surface area contributed by atoms with Crippen molar-refractivity contribution >= 4 is 23.5 Å². The highest BCUT2D eigenvalue weighted by molar-refractivity contribution is 6.33. The quantitative estimate of drug-likeness (QED) is 0.209. The smallest absolute Gasteiger partial charge is 0.338 e. The molecule has 10 heteroatoms. The lowest BCUT2D eigenvalue weighted by Crippen LogP contribution is -2.43. The van der Waals surface area contributed by atoms with E-state index in [2.05, 4.69) is 5.16 Å². The number of benzene rings is 3. The second-order valence-electron chi connectivity index (χ2n) is 9.67. The summed E-state index contributed by atoms with van der Waals surface area (Å²) in [6.07, 6.45) is 0.595. The monoisotopic (exact) mass is 590 g/mol. The van der Waals surface area contributed by atoms with E-state index in [1.807, 2.05) is 24.3 Å². The fourth-order valence-electron chi connectivity index (χ4n) is 5.13. The van der Waals surface area contributed by atoms with Gasteiger partial charge in [0.15, 0.2) is 11.5 Å². The second-order valence-corrected chi connectivity index (χ2v) is 10.1. The van der Waals surface area contributed by atoms with E-state index in [9.17, 15) is 9.59 Å². The molecule has 0 spiro atoms. The molecule has 0 radical (unpaired) electrons. The second kappa shape index (κ2) is 12.6. The van der Waals surface area contributed by atoms with Crippen LogP contribution < -0.4 is 14.2 Å². The van der Waals surface area contributed by atoms with Crippen LogP contribution >= 0.6 is 11.6 Å². The van der Waals surface area contributed by atoms with E-state index < -0.39 is 12.0 Å². The van der Waals surface area contributed by atoms with Crippen LogP contribution in [0.1, 0.15) is 50.6 Å². The van der Waals surface area contributed by atoms with Gasteiger partial charge >= 0.3 is 5.97 Å². The number of ether oxygens (including phenoxy) is 4. The first-order valence-electron chi connectivity index (χ1n) is 13.5. The molecule has 0 bridgehead atoms. The van der Waals surface area contributed by atoms with Crippen LogP contribution in [0.5, 0.6) is 17.2 Å². The molecule has 0 fully saturated rings. The number of amides is 1. The zero-order valence-corrected chi connectivity index (χ0v) is 24.6. The number of aromatic nitrogens is 1. The molecule has 4 aromatic rings. The topological polar surface area (TPSA) is 100 Å². The lowest BCUT2D eigenvalue weighted by molar-refractivity contribution is 0.0524. The number of fused-ring (bicyclic) bond motifs is 1. The molecule has 9 nitrogen and oxygen atoms in total. The fraction of sp³-hybridized carbons (Fsp3) is 0.281. The molecule has 0 saturated heterocycles. The third-order valence-electron chi connectivity index (χ3n) is 7.24. The predicted octanol–water partition coefficient (Wildman–Crippen LogP) is 6.32. The maximum atomic E-state index is 14.3. The van der Waals surface area contributed by atoms with Crippen molar-refractivity contribution in [2.24, 2.45) is 0 Å². The summed E-state index contributed by atoms with van der Waals surface area (Å²) in [7, 11) is 3.16. The van der Waals surface area contributed by atoms with Crippen molar-refractivity contribution in [3.05, 3.63) is 93.7 Å². The first-order valence-corrected chi connectivity index (χ1v) is 13.9. The Morgan fingerprint density at radius 3 is 2.45 bits per heavy atom. The van der Waals surface area contributed by atoms with Gasteiger partial charge in [0.25, 0.3) is 5.91 Å². The molecule has 42 heavy (non-hydrogen) atoms. The highest BCUT2D eigenvalue weighted by atomic mass is 35.5. The maximum absolute atomic E-state index is 14.3. The standard InChI is InChI=1S/C32H31ClN2O7/c1-5-40-32(37)20-10-12-22(13-11-20)41-18-26-24-17-28(39-4)27(38-3)16-21(24)14-15-35(26)31(36)29-19(2)42-34-30(29)23-8-6-7-9-25(23)33/h6-13,16-17,26H,5,14-15,18H2,1-4H3. The van der Waals surface area contributed by atoms with Crippen LogP contribution in [0.15, 0.2) is 65.2 Å².